The van der Waals surface area contributed by atoms with Gasteiger partial charge in [-0.3, -0.25) is 0 Å². The molecule has 1 unspecified atom stereocenters. The van der Waals surface area contributed by atoms with Crippen molar-refractivity contribution in [2.45, 2.75) is 73.3 Å². The van der Waals surface area contributed by atoms with Crippen LogP contribution in [-0.4, -0.2) is 24.5 Å². The third-order valence-electron chi connectivity index (χ3n) is 3.08. The van der Waals surface area contributed by atoms with E-state index < -0.39 is 0 Å². The molecule has 1 atom stereocenters. The summed E-state index contributed by atoms with van der Waals surface area (Å²) in [6, 6.07) is 0.756. The first-order valence-corrected chi connectivity index (χ1v) is 6.96. The Morgan fingerprint density at radius 2 is 1.69 bits per heavy atom. The number of hydrogen-bond donors (Lipinski definition) is 0. The lowest BCUT2D eigenvalue weighted by molar-refractivity contribution is 0.155. The summed E-state index contributed by atoms with van der Waals surface area (Å²) < 4.78 is 0. The third-order valence-corrected chi connectivity index (χ3v) is 3.08. The molecule has 0 aliphatic rings. The fraction of sp³-hybridized carbons (Fsp3) is 1.00. The molecule has 0 rings (SSSR count). The summed E-state index contributed by atoms with van der Waals surface area (Å²) >= 11 is 0. The van der Waals surface area contributed by atoms with E-state index in [1.54, 1.807) is 0 Å². The summed E-state index contributed by atoms with van der Waals surface area (Å²) in [5, 5.41) is 0. The van der Waals surface area contributed by atoms with E-state index in [9.17, 15) is 0 Å². The van der Waals surface area contributed by atoms with E-state index in [-0.39, 0.29) is 0 Å². The maximum Gasteiger partial charge on any atom is 0.00996 e. The van der Waals surface area contributed by atoms with Gasteiger partial charge in [0.15, 0.2) is 0 Å². The van der Waals surface area contributed by atoms with Crippen molar-refractivity contribution in [2.75, 3.05) is 13.6 Å². The molecule has 0 saturated heterocycles. The molecule has 0 amide bonds. The molecular weight excluding hydrogens is 194 g/mol. The van der Waals surface area contributed by atoms with E-state index in [0.29, 0.717) is 5.41 Å². The van der Waals surface area contributed by atoms with E-state index in [4.69, 9.17) is 0 Å². The van der Waals surface area contributed by atoms with Crippen molar-refractivity contribution in [3.05, 3.63) is 0 Å². The average molecular weight is 227 g/mol. The summed E-state index contributed by atoms with van der Waals surface area (Å²) in [5.74, 6) is 0.802. The van der Waals surface area contributed by atoms with Crippen molar-refractivity contribution < 1.29 is 0 Å². The minimum atomic E-state index is 0.444. The highest BCUT2D eigenvalue weighted by molar-refractivity contribution is 4.77. The average Bonchev–Trinajstić information content (AvgIpc) is 2.10. The first-order chi connectivity index (χ1) is 7.26. The van der Waals surface area contributed by atoms with Crippen LogP contribution in [0.25, 0.3) is 0 Å². The highest BCUT2D eigenvalue weighted by Gasteiger charge is 2.22. The molecule has 16 heavy (non-hydrogen) atoms. The van der Waals surface area contributed by atoms with Crippen LogP contribution in [0.4, 0.5) is 0 Å². The second-order valence-electron chi connectivity index (χ2n) is 6.88. The molecule has 0 aliphatic carbocycles. The van der Waals surface area contributed by atoms with E-state index in [0.717, 1.165) is 12.0 Å². The normalized spacial score (nSPS) is 14.8. The minimum absolute atomic E-state index is 0.444. The van der Waals surface area contributed by atoms with Gasteiger partial charge in [-0.05, 0) is 44.2 Å². The third kappa shape index (κ3) is 8.15. The monoisotopic (exact) mass is 227 g/mol. The molecule has 0 N–H and O–H groups in total. The lowest BCUT2D eigenvalue weighted by Crippen LogP contribution is -2.36. The summed E-state index contributed by atoms with van der Waals surface area (Å²) in [5.41, 5.74) is 0.444. The Labute approximate surface area is 104 Å². The zero-order chi connectivity index (χ0) is 12.8. The Kier molecular flexibility index (Phi) is 7.30. The Morgan fingerprint density at radius 3 is 2.06 bits per heavy atom. The molecule has 0 spiro atoms. The summed E-state index contributed by atoms with van der Waals surface area (Å²) in [7, 11) is 2.30. The molecule has 0 radical (unpaired) electrons. The van der Waals surface area contributed by atoms with Gasteiger partial charge in [-0.2, -0.15) is 0 Å². The van der Waals surface area contributed by atoms with Crippen LogP contribution in [-0.2, 0) is 0 Å². The van der Waals surface area contributed by atoms with E-state index in [2.05, 4.69) is 53.5 Å². The van der Waals surface area contributed by atoms with Crippen LogP contribution < -0.4 is 0 Å². The van der Waals surface area contributed by atoms with Crippen molar-refractivity contribution in [2.24, 2.45) is 11.3 Å². The van der Waals surface area contributed by atoms with Gasteiger partial charge in [0, 0.05) is 6.04 Å². The quantitative estimate of drug-likeness (QED) is 0.616. The van der Waals surface area contributed by atoms with Gasteiger partial charge >= 0.3 is 0 Å². The van der Waals surface area contributed by atoms with Gasteiger partial charge in [0.1, 0.15) is 0 Å². The topological polar surface area (TPSA) is 3.24 Å². The number of hydrogen-bond acceptors (Lipinski definition) is 1. The van der Waals surface area contributed by atoms with Crippen molar-refractivity contribution in [1.82, 2.24) is 4.90 Å². The smallest absolute Gasteiger partial charge is 0.00996 e. The molecule has 1 heteroatoms. The lowest BCUT2D eigenvalue weighted by Gasteiger charge is -2.34. The molecule has 0 aliphatic heterocycles. The Bertz CT molecular complexity index is 167. The van der Waals surface area contributed by atoms with Gasteiger partial charge in [-0.1, -0.05) is 48.0 Å². The van der Waals surface area contributed by atoms with Crippen LogP contribution in [0.1, 0.15) is 67.2 Å². The molecule has 0 fully saturated rings. The second-order valence-corrected chi connectivity index (χ2v) is 6.88. The lowest BCUT2D eigenvalue weighted by atomic mass is 9.84. The fourth-order valence-corrected chi connectivity index (χ4v) is 2.26. The first-order valence-electron chi connectivity index (χ1n) is 6.96. The van der Waals surface area contributed by atoms with Crippen LogP contribution in [0, 0.1) is 11.3 Å². The summed E-state index contributed by atoms with van der Waals surface area (Å²) in [6.45, 7) is 15.3. The molecule has 98 valence electrons. The summed E-state index contributed by atoms with van der Waals surface area (Å²) in [6.07, 6.45) is 5.27. The summed E-state index contributed by atoms with van der Waals surface area (Å²) in [4.78, 5) is 2.58. The first kappa shape index (κ1) is 16.0. The molecular formula is C15H33N. The zero-order valence-electron chi connectivity index (χ0n) is 12.6. The van der Waals surface area contributed by atoms with Crippen molar-refractivity contribution in [3.63, 3.8) is 0 Å². The van der Waals surface area contributed by atoms with E-state index >= 15 is 0 Å². The van der Waals surface area contributed by atoms with Crippen molar-refractivity contribution >= 4 is 0 Å². The van der Waals surface area contributed by atoms with Gasteiger partial charge in [0.05, 0.1) is 0 Å². The van der Waals surface area contributed by atoms with Gasteiger partial charge in [-0.15, -0.1) is 0 Å². The number of rotatable bonds is 7. The van der Waals surface area contributed by atoms with Gasteiger partial charge < -0.3 is 4.90 Å². The molecule has 0 aromatic heterocycles. The van der Waals surface area contributed by atoms with Gasteiger partial charge in [0.25, 0.3) is 0 Å². The number of nitrogens with zero attached hydrogens (tertiary/aromatic N) is 1. The Morgan fingerprint density at radius 1 is 1.12 bits per heavy atom. The van der Waals surface area contributed by atoms with Crippen LogP contribution >= 0.6 is 0 Å². The van der Waals surface area contributed by atoms with Crippen LogP contribution in [0.2, 0.25) is 0 Å². The highest BCUT2D eigenvalue weighted by atomic mass is 15.1. The molecule has 0 aromatic carbocycles. The Hall–Kier alpha value is -0.0400. The van der Waals surface area contributed by atoms with Crippen LogP contribution in [0.15, 0.2) is 0 Å². The predicted molar refractivity (Wildman–Crippen MR) is 74.9 cm³/mol. The second kappa shape index (κ2) is 7.32. The maximum atomic E-state index is 2.58. The van der Waals surface area contributed by atoms with Crippen molar-refractivity contribution in [3.8, 4) is 0 Å². The molecule has 0 aromatic rings. The maximum absolute atomic E-state index is 2.58. The molecule has 0 bridgehead atoms. The van der Waals surface area contributed by atoms with Gasteiger partial charge in [-0.25, -0.2) is 0 Å². The SMILES string of the molecule is CCCCN(C)C(CC(C)C)CC(C)(C)C. The Balaban J connectivity index is 4.29. The number of unbranched alkanes of at least 4 members (excludes halogenated alkanes) is 1. The van der Waals surface area contributed by atoms with E-state index in [1.807, 2.05) is 0 Å². The van der Waals surface area contributed by atoms with Crippen molar-refractivity contribution in [1.29, 1.82) is 0 Å². The van der Waals surface area contributed by atoms with Crippen LogP contribution in [0.5, 0.6) is 0 Å². The van der Waals surface area contributed by atoms with Crippen LogP contribution in [0.3, 0.4) is 0 Å². The van der Waals surface area contributed by atoms with Gasteiger partial charge in [0.2, 0.25) is 0 Å². The standard InChI is InChI=1S/C15H33N/c1-8-9-10-16(7)14(11-13(2)3)12-15(4,5)6/h13-14H,8-12H2,1-7H3. The largest absolute Gasteiger partial charge is 0.303 e. The molecule has 0 heterocycles. The molecule has 0 saturated carbocycles. The highest BCUT2D eigenvalue weighted by Crippen LogP contribution is 2.26. The predicted octanol–water partition coefficient (Wildman–Crippen LogP) is 4.57. The minimum Gasteiger partial charge on any atom is -0.303 e. The van der Waals surface area contributed by atoms with E-state index in [1.165, 1.54) is 32.2 Å². The fourth-order valence-electron chi connectivity index (χ4n) is 2.26. The molecule has 1 nitrogen and oxygen atoms in total. The zero-order valence-corrected chi connectivity index (χ0v) is 12.6.